The van der Waals surface area contributed by atoms with Gasteiger partial charge in [0, 0.05) is 12.6 Å². The first-order chi connectivity index (χ1) is 8.20. The number of hydrogen-bond donors (Lipinski definition) is 0. The summed E-state index contributed by atoms with van der Waals surface area (Å²) in [6.07, 6.45) is 2.55. The zero-order valence-electron chi connectivity index (χ0n) is 10.2. The Kier molecular flexibility index (Phi) is 3.64. The van der Waals surface area contributed by atoms with Gasteiger partial charge >= 0.3 is 0 Å². The summed E-state index contributed by atoms with van der Waals surface area (Å²) in [6.45, 7) is 0.783. The van der Waals surface area contributed by atoms with Gasteiger partial charge in [0.1, 0.15) is 5.75 Å². The quantitative estimate of drug-likeness (QED) is 0.734. The van der Waals surface area contributed by atoms with Crippen molar-refractivity contribution in [3.8, 4) is 5.75 Å². The van der Waals surface area contributed by atoms with Crippen molar-refractivity contribution in [2.75, 3.05) is 20.8 Å². The van der Waals surface area contributed by atoms with Crippen LogP contribution in [0.4, 0.5) is 0 Å². The Morgan fingerprint density at radius 3 is 2.53 bits per heavy atom. The van der Waals surface area contributed by atoms with E-state index in [-0.39, 0.29) is 5.91 Å². The maximum Gasteiger partial charge on any atom is 0.277 e. The van der Waals surface area contributed by atoms with E-state index in [2.05, 4.69) is 0 Å². The van der Waals surface area contributed by atoms with Crippen LogP contribution in [0.25, 0.3) is 0 Å². The van der Waals surface area contributed by atoms with Gasteiger partial charge in [0.25, 0.3) is 5.91 Å². The van der Waals surface area contributed by atoms with E-state index in [4.69, 9.17) is 9.57 Å². The molecule has 4 heteroatoms. The fourth-order valence-electron chi connectivity index (χ4n) is 1.46. The highest BCUT2D eigenvalue weighted by Crippen LogP contribution is 2.29. The summed E-state index contributed by atoms with van der Waals surface area (Å²) >= 11 is 0. The van der Waals surface area contributed by atoms with Crippen LogP contribution < -0.4 is 4.74 Å². The molecular formula is C13H17NO3. The molecule has 0 N–H and O–H groups in total. The molecular weight excluding hydrogens is 218 g/mol. The summed E-state index contributed by atoms with van der Waals surface area (Å²) in [5.41, 5.74) is 0.591. The smallest absolute Gasteiger partial charge is 0.277 e. The lowest BCUT2D eigenvalue weighted by Gasteiger charge is -2.13. The predicted octanol–water partition coefficient (Wildman–Crippen LogP) is 2.11. The second kappa shape index (κ2) is 5.19. The predicted molar refractivity (Wildman–Crippen MR) is 63.8 cm³/mol. The third kappa shape index (κ3) is 3.20. The van der Waals surface area contributed by atoms with Gasteiger partial charge in [-0.1, -0.05) is 0 Å². The molecule has 1 saturated carbocycles. The van der Waals surface area contributed by atoms with Crippen molar-refractivity contribution in [1.29, 1.82) is 0 Å². The van der Waals surface area contributed by atoms with E-state index in [0.29, 0.717) is 5.56 Å². The molecule has 92 valence electrons. The Morgan fingerprint density at radius 1 is 1.35 bits per heavy atom. The number of carbonyl (C=O) groups is 1. The molecule has 1 aliphatic rings. The molecule has 0 aliphatic heterocycles. The molecule has 0 radical (unpaired) electrons. The molecule has 0 heterocycles. The fourth-order valence-corrected chi connectivity index (χ4v) is 1.46. The molecule has 1 aliphatic carbocycles. The molecule has 1 aromatic carbocycles. The second-order valence-electron chi connectivity index (χ2n) is 4.26. The topological polar surface area (TPSA) is 38.8 Å². The van der Waals surface area contributed by atoms with Gasteiger partial charge in [-0.25, -0.2) is 5.06 Å². The fraction of sp³-hybridized carbons (Fsp3) is 0.462. The summed E-state index contributed by atoms with van der Waals surface area (Å²) in [5.74, 6) is 1.38. The van der Waals surface area contributed by atoms with Crippen molar-refractivity contribution in [3.05, 3.63) is 29.8 Å². The number of rotatable bonds is 5. The monoisotopic (exact) mass is 235 g/mol. The zero-order chi connectivity index (χ0) is 12.3. The maximum absolute atomic E-state index is 11.7. The highest BCUT2D eigenvalue weighted by Gasteiger charge is 2.21. The minimum absolute atomic E-state index is 0.166. The van der Waals surface area contributed by atoms with Gasteiger partial charge in [-0.3, -0.25) is 9.63 Å². The van der Waals surface area contributed by atoms with Crippen LogP contribution >= 0.6 is 0 Å². The van der Waals surface area contributed by atoms with Crippen molar-refractivity contribution >= 4 is 5.91 Å². The number of nitrogens with zero attached hydrogens (tertiary/aromatic N) is 1. The standard InChI is InChI=1S/C13H17NO3/c1-14(16-2)13(15)11-5-7-12(8-6-11)17-9-10-3-4-10/h5-8,10H,3-4,9H2,1-2H3. The second-order valence-corrected chi connectivity index (χ2v) is 4.26. The Hall–Kier alpha value is -1.55. The number of amides is 1. The van der Waals surface area contributed by atoms with E-state index in [0.717, 1.165) is 18.3 Å². The number of ether oxygens (including phenoxy) is 1. The normalized spacial score (nSPS) is 14.5. The summed E-state index contributed by atoms with van der Waals surface area (Å²) in [6, 6.07) is 7.14. The summed E-state index contributed by atoms with van der Waals surface area (Å²) in [4.78, 5) is 16.6. The van der Waals surface area contributed by atoms with Crippen LogP contribution in [0.3, 0.4) is 0 Å². The van der Waals surface area contributed by atoms with Crippen LogP contribution in [0.5, 0.6) is 5.75 Å². The number of benzene rings is 1. The summed E-state index contributed by atoms with van der Waals surface area (Å²) in [5, 5.41) is 1.19. The van der Waals surface area contributed by atoms with E-state index < -0.39 is 0 Å². The van der Waals surface area contributed by atoms with Crippen LogP contribution in [0, 0.1) is 5.92 Å². The van der Waals surface area contributed by atoms with Crippen LogP contribution in [-0.2, 0) is 4.84 Å². The van der Waals surface area contributed by atoms with E-state index in [1.54, 1.807) is 19.2 Å². The molecule has 17 heavy (non-hydrogen) atoms. The van der Waals surface area contributed by atoms with Gasteiger partial charge in [0.15, 0.2) is 0 Å². The van der Waals surface area contributed by atoms with Gasteiger partial charge < -0.3 is 4.74 Å². The van der Waals surface area contributed by atoms with E-state index >= 15 is 0 Å². The molecule has 1 fully saturated rings. The SMILES string of the molecule is CON(C)C(=O)c1ccc(OCC2CC2)cc1. The number of hydroxylamine groups is 2. The van der Waals surface area contributed by atoms with Gasteiger partial charge in [-0.15, -0.1) is 0 Å². The summed E-state index contributed by atoms with van der Waals surface area (Å²) < 4.78 is 5.60. The molecule has 0 bridgehead atoms. The third-order valence-electron chi connectivity index (χ3n) is 2.84. The van der Waals surface area contributed by atoms with Crippen molar-refractivity contribution in [2.45, 2.75) is 12.8 Å². The molecule has 4 nitrogen and oxygen atoms in total. The average molecular weight is 235 g/mol. The largest absolute Gasteiger partial charge is 0.493 e. The van der Waals surface area contributed by atoms with Gasteiger partial charge in [-0.2, -0.15) is 0 Å². The highest BCUT2D eigenvalue weighted by atomic mass is 16.7. The van der Waals surface area contributed by atoms with Crippen molar-refractivity contribution < 1.29 is 14.4 Å². The van der Waals surface area contributed by atoms with Crippen molar-refractivity contribution in [2.24, 2.45) is 5.92 Å². The molecule has 0 unspecified atom stereocenters. The Morgan fingerprint density at radius 2 is 2.00 bits per heavy atom. The average Bonchev–Trinajstić information content (AvgIpc) is 3.19. The van der Waals surface area contributed by atoms with Gasteiger partial charge in [0.05, 0.1) is 13.7 Å². The number of carbonyl (C=O) groups excluding carboxylic acids is 1. The zero-order valence-corrected chi connectivity index (χ0v) is 10.2. The molecule has 1 aromatic rings. The van der Waals surface area contributed by atoms with E-state index in [1.807, 2.05) is 12.1 Å². The Bertz CT molecular complexity index is 384. The van der Waals surface area contributed by atoms with Crippen LogP contribution in [0.1, 0.15) is 23.2 Å². The van der Waals surface area contributed by atoms with E-state index in [1.165, 1.54) is 25.0 Å². The molecule has 0 saturated heterocycles. The van der Waals surface area contributed by atoms with Crippen LogP contribution in [0.15, 0.2) is 24.3 Å². The first-order valence-electron chi connectivity index (χ1n) is 5.75. The first-order valence-corrected chi connectivity index (χ1v) is 5.75. The lowest BCUT2D eigenvalue weighted by atomic mass is 10.2. The molecule has 0 spiro atoms. The van der Waals surface area contributed by atoms with Gasteiger partial charge in [-0.05, 0) is 43.0 Å². The minimum Gasteiger partial charge on any atom is -0.493 e. The number of hydrogen-bond acceptors (Lipinski definition) is 3. The molecule has 0 atom stereocenters. The van der Waals surface area contributed by atoms with Crippen molar-refractivity contribution in [1.82, 2.24) is 5.06 Å². The van der Waals surface area contributed by atoms with Gasteiger partial charge in [0.2, 0.25) is 0 Å². The molecule has 0 aromatic heterocycles. The minimum atomic E-state index is -0.166. The van der Waals surface area contributed by atoms with Crippen molar-refractivity contribution in [3.63, 3.8) is 0 Å². The lowest BCUT2D eigenvalue weighted by Crippen LogP contribution is -2.25. The first kappa shape index (κ1) is 11.9. The third-order valence-corrected chi connectivity index (χ3v) is 2.84. The van der Waals surface area contributed by atoms with Crippen LogP contribution in [0.2, 0.25) is 0 Å². The van der Waals surface area contributed by atoms with Crippen LogP contribution in [-0.4, -0.2) is 31.7 Å². The molecule has 1 amide bonds. The Labute approximate surface area is 101 Å². The molecule has 2 rings (SSSR count). The Balaban J connectivity index is 1.93. The maximum atomic E-state index is 11.7. The lowest BCUT2D eigenvalue weighted by molar-refractivity contribution is -0.0757. The highest BCUT2D eigenvalue weighted by molar-refractivity contribution is 5.93. The summed E-state index contributed by atoms with van der Waals surface area (Å²) in [7, 11) is 3.05. The van der Waals surface area contributed by atoms with E-state index in [9.17, 15) is 4.79 Å².